The van der Waals surface area contributed by atoms with Crippen LogP contribution in [0.5, 0.6) is 0 Å². The Hall–Kier alpha value is -1.89. The van der Waals surface area contributed by atoms with Crippen LogP contribution in [0.1, 0.15) is 16.7 Å². The molecule has 0 spiro atoms. The number of aromatic nitrogens is 1. The van der Waals surface area contributed by atoms with Gasteiger partial charge in [-0.25, -0.2) is 0 Å². The molecule has 1 fully saturated rings. The van der Waals surface area contributed by atoms with Gasteiger partial charge in [0.25, 0.3) is 0 Å². The lowest BCUT2D eigenvalue weighted by atomic mass is 10.1. The van der Waals surface area contributed by atoms with E-state index in [4.69, 9.17) is 4.74 Å². The van der Waals surface area contributed by atoms with Crippen molar-refractivity contribution < 1.29 is 9.53 Å². The van der Waals surface area contributed by atoms with E-state index in [1.54, 1.807) is 18.0 Å². The largest absolute Gasteiger partial charge is 0.379 e. The molecule has 6 heteroatoms. The van der Waals surface area contributed by atoms with Crippen molar-refractivity contribution in [3.63, 3.8) is 0 Å². The Morgan fingerprint density at radius 2 is 1.96 bits per heavy atom. The number of carbonyl (C=O) groups is 1. The maximum atomic E-state index is 12.0. The van der Waals surface area contributed by atoms with Crippen molar-refractivity contribution in [2.75, 3.05) is 32.1 Å². The lowest BCUT2D eigenvalue weighted by Gasteiger charge is -2.26. The maximum absolute atomic E-state index is 12.0. The second-order valence-corrected chi connectivity index (χ2v) is 7.32. The Bertz CT molecular complexity index is 690. The van der Waals surface area contributed by atoms with Crippen LogP contribution in [0.2, 0.25) is 0 Å². The van der Waals surface area contributed by atoms with Crippen LogP contribution < -0.4 is 5.32 Å². The van der Waals surface area contributed by atoms with Gasteiger partial charge in [0.1, 0.15) is 0 Å². The van der Waals surface area contributed by atoms with Gasteiger partial charge in [0.15, 0.2) is 0 Å². The molecule has 1 amide bonds. The zero-order valence-electron chi connectivity index (χ0n) is 14.9. The molecule has 0 aliphatic carbocycles. The number of hydrogen-bond acceptors (Lipinski definition) is 5. The number of carbonyl (C=O) groups excluding carboxylic acids is 1. The summed E-state index contributed by atoms with van der Waals surface area (Å²) in [5.41, 5.74) is 3.56. The number of hydrogen-bond donors (Lipinski definition) is 1. The molecule has 26 heavy (non-hydrogen) atoms. The molecule has 0 unspecified atom stereocenters. The average Bonchev–Trinajstić information content (AvgIpc) is 2.68. The second-order valence-electron chi connectivity index (χ2n) is 6.34. The molecule has 1 aromatic heterocycles. The molecule has 0 atom stereocenters. The highest BCUT2D eigenvalue weighted by Crippen LogP contribution is 2.12. The number of amides is 1. The molecule has 1 aromatic carbocycles. The van der Waals surface area contributed by atoms with Gasteiger partial charge in [0.05, 0.1) is 19.0 Å². The average molecular weight is 372 g/mol. The minimum Gasteiger partial charge on any atom is -0.379 e. The predicted octanol–water partition coefficient (Wildman–Crippen LogP) is 2.46. The summed E-state index contributed by atoms with van der Waals surface area (Å²) in [5, 5.41) is 3.01. The molecular weight excluding hydrogens is 346 g/mol. The minimum absolute atomic E-state index is 0.0671. The SMILES string of the molecule is O=C(CSCc1cccnc1)NCc1cccc(CN2CCOCC2)c1. The van der Waals surface area contributed by atoms with E-state index in [-0.39, 0.29) is 5.91 Å². The Labute approximate surface area is 159 Å². The number of ether oxygens (including phenoxy) is 1. The van der Waals surface area contributed by atoms with Gasteiger partial charge >= 0.3 is 0 Å². The Morgan fingerprint density at radius 1 is 1.15 bits per heavy atom. The van der Waals surface area contributed by atoms with Crippen molar-refractivity contribution in [2.24, 2.45) is 0 Å². The first-order chi connectivity index (χ1) is 12.8. The molecule has 0 saturated carbocycles. The van der Waals surface area contributed by atoms with Crippen LogP contribution in [0.4, 0.5) is 0 Å². The first-order valence-corrected chi connectivity index (χ1v) is 10.1. The highest BCUT2D eigenvalue weighted by atomic mass is 32.2. The highest BCUT2D eigenvalue weighted by Gasteiger charge is 2.11. The fourth-order valence-electron chi connectivity index (χ4n) is 2.85. The van der Waals surface area contributed by atoms with Crippen molar-refractivity contribution >= 4 is 17.7 Å². The third-order valence-electron chi connectivity index (χ3n) is 4.22. The summed E-state index contributed by atoms with van der Waals surface area (Å²) < 4.78 is 5.39. The second kappa shape index (κ2) is 10.3. The number of benzene rings is 1. The molecular formula is C20H25N3O2S. The van der Waals surface area contributed by atoms with Gasteiger partial charge in [-0.1, -0.05) is 30.3 Å². The van der Waals surface area contributed by atoms with Crippen LogP contribution >= 0.6 is 11.8 Å². The molecule has 0 bridgehead atoms. The third kappa shape index (κ3) is 6.44. The maximum Gasteiger partial charge on any atom is 0.230 e. The molecule has 1 aliphatic heterocycles. The summed E-state index contributed by atoms with van der Waals surface area (Å²) in [6.45, 7) is 5.10. The Morgan fingerprint density at radius 3 is 2.77 bits per heavy atom. The van der Waals surface area contributed by atoms with Crippen molar-refractivity contribution in [3.05, 3.63) is 65.5 Å². The van der Waals surface area contributed by atoms with Gasteiger partial charge < -0.3 is 10.1 Å². The lowest BCUT2D eigenvalue weighted by Crippen LogP contribution is -2.35. The third-order valence-corrected chi connectivity index (χ3v) is 5.22. The molecule has 2 heterocycles. The van der Waals surface area contributed by atoms with Crippen molar-refractivity contribution in [1.29, 1.82) is 0 Å². The molecule has 1 N–H and O–H groups in total. The van der Waals surface area contributed by atoms with Crippen LogP contribution in [0.3, 0.4) is 0 Å². The Kier molecular flexibility index (Phi) is 7.49. The van der Waals surface area contributed by atoms with E-state index in [1.165, 1.54) is 5.56 Å². The smallest absolute Gasteiger partial charge is 0.230 e. The van der Waals surface area contributed by atoms with Crippen molar-refractivity contribution in [1.82, 2.24) is 15.2 Å². The van der Waals surface area contributed by atoms with Crippen LogP contribution in [-0.2, 0) is 28.4 Å². The van der Waals surface area contributed by atoms with E-state index >= 15 is 0 Å². The summed E-state index contributed by atoms with van der Waals surface area (Å²) in [5.74, 6) is 1.33. The Balaban J connectivity index is 1.39. The van der Waals surface area contributed by atoms with Crippen molar-refractivity contribution in [2.45, 2.75) is 18.8 Å². The van der Waals surface area contributed by atoms with Gasteiger partial charge in [-0.05, 0) is 22.8 Å². The molecule has 138 valence electrons. The predicted molar refractivity (Wildman–Crippen MR) is 105 cm³/mol. The summed E-state index contributed by atoms with van der Waals surface area (Å²) in [6, 6.07) is 12.4. The first-order valence-electron chi connectivity index (χ1n) is 8.91. The van der Waals surface area contributed by atoms with E-state index in [0.717, 1.165) is 49.7 Å². The molecule has 3 rings (SSSR count). The fourth-order valence-corrected chi connectivity index (χ4v) is 3.65. The van der Waals surface area contributed by atoms with Gasteiger partial charge in [-0.2, -0.15) is 0 Å². The summed E-state index contributed by atoms with van der Waals surface area (Å²) >= 11 is 1.61. The normalized spacial score (nSPS) is 14.9. The van der Waals surface area contributed by atoms with Gasteiger partial charge in [-0.3, -0.25) is 14.7 Å². The quantitative estimate of drug-likeness (QED) is 0.773. The van der Waals surface area contributed by atoms with E-state index in [9.17, 15) is 4.79 Å². The van der Waals surface area contributed by atoms with E-state index in [1.807, 2.05) is 18.3 Å². The number of nitrogens with zero attached hydrogens (tertiary/aromatic N) is 2. The number of morpholine rings is 1. The van der Waals surface area contributed by atoms with Crippen LogP contribution in [0, 0.1) is 0 Å². The van der Waals surface area contributed by atoms with Crippen LogP contribution in [0.25, 0.3) is 0 Å². The number of thioether (sulfide) groups is 1. The number of pyridine rings is 1. The zero-order chi connectivity index (χ0) is 18.0. The van der Waals surface area contributed by atoms with E-state index in [2.05, 4.69) is 39.5 Å². The zero-order valence-corrected chi connectivity index (χ0v) is 15.7. The summed E-state index contributed by atoms with van der Waals surface area (Å²) in [7, 11) is 0. The molecule has 0 radical (unpaired) electrons. The van der Waals surface area contributed by atoms with E-state index < -0.39 is 0 Å². The number of nitrogens with one attached hydrogen (secondary N) is 1. The lowest BCUT2D eigenvalue weighted by molar-refractivity contribution is -0.118. The molecule has 1 saturated heterocycles. The topological polar surface area (TPSA) is 54.5 Å². The molecule has 5 nitrogen and oxygen atoms in total. The fraction of sp³-hybridized carbons (Fsp3) is 0.400. The highest BCUT2D eigenvalue weighted by molar-refractivity contribution is 7.99. The monoisotopic (exact) mass is 371 g/mol. The minimum atomic E-state index is 0.0671. The van der Waals surface area contributed by atoms with Gasteiger partial charge in [0, 0.05) is 44.3 Å². The van der Waals surface area contributed by atoms with E-state index in [0.29, 0.717) is 12.3 Å². The standard InChI is InChI=1S/C20H25N3O2S/c24-20(16-26-15-19-5-2-6-21-12-19)22-13-17-3-1-4-18(11-17)14-23-7-9-25-10-8-23/h1-6,11-12H,7-10,13-16H2,(H,22,24). The van der Waals surface area contributed by atoms with Crippen molar-refractivity contribution in [3.8, 4) is 0 Å². The summed E-state index contributed by atoms with van der Waals surface area (Å²) in [4.78, 5) is 18.5. The summed E-state index contributed by atoms with van der Waals surface area (Å²) in [6.07, 6.45) is 3.60. The molecule has 1 aliphatic rings. The van der Waals surface area contributed by atoms with Gasteiger partial charge in [0.2, 0.25) is 5.91 Å². The first kappa shape index (κ1) is 18.9. The van der Waals surface area contributed by atoms with Crippen LogP contribution in [-0.4, -0.2) is 47.8 Å². The number of rotatable bonds is 8. The van der Waals surface area contributed by atoms with Gasteiger partial charge in [-0.15, -0.1) is 11.8 Å². The van der Waals surface area contributed by atoms with Crippen LogP contribution in [0.15, 0.2) is 48.8 Å². The molecule has 2 aromatic rings.